The van der Waals surface area contributed by atoms with Gasteiger partial charge in [-0.15, -0.1) is 0 Å². The molecule has 2 N–H and O–H groups in total. The number of anilines is 1. The van der Waals surface area contributed by atoms with Crippen LogP contribution in [0.5, 0.6) is 0 Å². The largest absolute Gasteiger partial charge is 0.388 e. The Bertz CT molecular complexity index is 345. The highest BCUT2D eigenvalue weighted by Gasteiger charge is 2.13. The average Bonchev–Trinajstić information content (AvgIpc) is 2.71. The van der Waals surface area contributed by atoms with Crippen LogP contribution in [0.25, 0.3) is 0 Å². The number of nitrogens with zero attached hydrogens (tertiary/aromatic N) is 2. The van der Waals surface area contributed by atoms with Crippen molar-refractivity contribution in [1.29, 1.82) is 0 Å². The minimum Gasteiger partial charge on any atom is -0.388 e. The molecule has 0 spiro atoms. The van der Waals surface area contributed by atoms with Gasteiger partial charge in [-0.05, 0) is 25.0 Å². The molecular formula is C10H13N3S. The van der Waals surface area contributed by atoms with E-state index in [1.807, 2.05) is 18.2 Å². The van der Waals surface area contributed by atoms with Gasteiger partial charge >= 0.3 is 0 Å². The number of pyridine rings is 1. The average molecular weight is 207 g/mol. The highest BCUT2D eigenvalue weighted by molar-refractivity contribution is 7.80. The van der Waals surface area contributed by atoms with Crippen molar-refractivity contribution in [2.45, 2.75) is 12.8 Å². The number of aromatic nitrogens is 1. The zero-order chi connectivity index (χ0) is 9.97. The third kappa shape index (κ3) is 1.85. The summed E-state index contributed by atoms with van der Waals surface area (Å²) in [6.07, 6.45) is 2.50. The van der Waals surface area contributed by atoms with Crippen molar-refractivity contribution < 1.29 is 0 Å². The maximum Gasteiger partial charge on any atom is 0.129 e. The van der Waals surface area contributed by atoms with E-state index >= 15 is 0 Å². The van der Waals surface area contributed by atoms with E-state index in [4.69, 9.17) is 18.0 Å². The van der Waals surface area contributed by atoms with Crippen LogP contribution >= 0.6 is 12.2 Å². The third-order valence-corrected chi connectivity index (χ3v) is 2.63. The van der Waals surface area contributed by atoms with Gasteiger partial charge < -0.3 is 10.6 Å². The van der Waals surface area contributed by atoms with Gasteiger partial charge in [-0.2, -0.15) is 0 Å². The molecule has 1 aliphatic rings. The SMILES string of the molecule is NC(=S)c1cccc(N2CCCC2)n1. The number of rotatable bonds is 2. The second kappa shape index (κ2) is 3.92. The van der Waals surface area contributed by atoms with E-state index in [-0.39, 0.29) is 0 Å². The van der Waals surface area contributed by atoms with Crippen LogP contribution in [0.1, 0.15) is 18.5 Å². The molecule has 0 radical (unpaired) electrons. The fourth-order valence-electron chi connectivity index (χ4n) is 1.68. The lowest BCUT2D eigenvalue weighted by atomic mass is 10.3. The second-order valence-electron chi connectivity index (χ2n) is 3.44. The Morgan fingerprint density at radius 2 is 2.07 bits per heavy atom. The summed E-state index contributed by atoms with van der Waals surface area (Å²) in [6, 6.07) is 5.81. The van der Waals surface area contributed by atoms with Crippen molar-refractivity contribution in [3.8, 4) is 0 Å². The molecular weight excluding hydrogens is 194 g/mol. The van der Waals surface area contributed by atoms with Crippen LogP contribution in [0.4, 0.5) is 5.82 Å². The summed E-state index contributed by atoms with van der Waals surface area (Å²) in [5, 5.41) is 0. The molecule has 0 aromatic carbocycles. The Labute approximate surface area is 88.9 Å². The van der Waals surface area contributed by atoms with Gasteiger partial charge in [-0.3, -0.25) is 0 Å². The molecule has 3 nitrogen and oxygen atoms in total. The summed E-state index contributed by atoms with van der Waals surface area (Å²) in [6.45, 7) is 2.18. The monoisotopic (exact) mass is 207 g/mol. The molecule has 1 saturated heterocycles. The van der Waals surface area contributed by atoms with Gasteiger partial charge in [0.2, 0.25) is 0 Å². The van der Waals surface area contributed by atoms with Gasteiger partial charge in [0.05, 0.1) is 5.69 Å². The summed E-state index contributed by atoms with van der Waals surface area (Å²) in [7, 11) is 0. The van der Waals surface area contributed by atoms with Crippen molar-refractivity contribution >= 4 is 23.0 Å². The quantitative estimate of drug-likeness (QED) is 0.743. The molecule has 2 heterocycles. The van der Waals surface area contributed by atoms with Crippen LogP contribution in [0, 0.1) is 0 Å². The van der Waals surface area contributed by atoms with Crippen LogP contribution in [0.2, 0.25) is 0 Å². The summed E-state index contributed by atoms with van der Waals surface area (Å²) >= 11 is 4.89. The molecule has 1 aromatic rings. The van der Waals surface area contributed by atoms with Crippen LogP contribution in [0.3, 0.4) is 0 Å². The number of nitrogens with two attached hydrogens (primary N) is 1. The molecule has 1 aliphatic heterocycles. The number of hydrogen-bond acceptors (Lipinski definition) is 3. The van der Waals surface area contributed by atoms with Crippen LogP contribution < -0.4 is 10.6 Å². The van der Waals surface area contributed by atoms with E-state index in [1.165, 1.54) is 12.8 Å². The molecule has 0 bridgehead atoms. The van der Waals surface area contributed by atoms with E-state index in [0.717, 1.165) is 18.9 Å². The smallest absolute Gasteiger partial charge is 0.129 e. The molecule has 0 amide bonds. The highest BCUT2D eigenvalue weighted by Crippen LogP contribution is 2.17. The Kier molecular flexibility index (Phi) is 2.63. The fraction of sp³-hybridized carbons (Fsp3) is 0.400. The Balaban J connectivity index is 2.25. The Morgan fingerprint density at radius 3 is 2.71 bits per heavy atom. The predicted octanol–water partition coefficient (Wildman–Crippen LogP) is 1.32. The van der Waals surface area contributed by atoms with Gasteiger partial charge in [-0.25, -0.2) is 4.98 Å². The van der Waals surface area contributed by atoms with Gasteiger partial charge in [0.1, 0.15) is 10.8 Å². The first-order chi connectivity index (χ1) is 6.77. The van der Waals surface area contributed by atoms with Gasteiger partial charge in [-0.1, -0.05) is 18.3 Å². The topological polar surface area (TPSA) is 42.1 Å². The van der Waals surface area contributed by atoms with Crippen LogP contribution in [-0.2, 0) is 0 Å². The maximum absolute atomic E-state index is 5.53. The molecule has 4 heteroatoms. The first kappa shape index (κ1) is 9.40. The van der Waals surface area contributed by atoms with Gasteiger partial charge in [0.15, 0.2) is 0 Å². The minimum absolute atomic E-state index is 0.367. The third-order valence-electron chi connectivity index (χ3n) is 2.42. The first-order valence-electron chi connectivity index (χ1n) is 4.79. The van der Waals surface area contributed by atoms with Crippen molar-refractivity contribution in [1.82, 2.24) is 4.98 Å². The van der Waals surface area contributed by atoms with Crippen molar-refractivity contribution in [2.75, 3.05) is 18.0 Å². The molecule has 14 heavy (non-hydrogen) atoms. The van der Waals surface area contributed by atoms with Crippen molar-refractivity contribution in [2.24, 2.45) is 5.73 Å². The second-order valence-corrected chi connectivity index (χ2v) is 3.88. The zero-order valence-electron chi connectivity index (χ0n) is 7.94. The Morgan fingerprint density at radius 1 is 1.36 bits per heavy atom. The van der Waals surface area contributed by atoms with Crippen LogP contribution in [0.15, 0.2) is 18.2 Å². The maximum atomic E-state index is 5.53. The molecule has 1 aromatic heterocycles. The molecule has 0 saturated carbocycles. The summed E-state index contributed by atoms with van der Waals surface area (Å²) in [4.78, 5) is 7.05. The summed E-state index contributed by atoms with van der Waals surface area (Å²) < 4.78 is 0. The highest BCUT2D eigenvalue weighted by atomic mass is 32.1. The first-order valence-corrected chi connectivity index (χ1v) is 5.20. The van der Waals surface area contributed by atoms with E-state index in [1.54, 1.807) is 0 Å². The lowest BCUT2D eigenvalue weighted by Crippen LogP contribution is -2.20. The lowest BCUT2D eigenvalue weighted by molar-refractivity contribution is 0.936. The zero-order valence-corrected chi connectivity index (χ0v) is 8.76. The molecule has 74 valence electrons. The number of hydrogen-bond donors (Lipinski definition) is 1. The molecule has 0 aliphatic carbocycles. The normalized spacial score (nSPS) is 15.9. The lowest BCUT2D eigenvalue weighted by Gasteiger charge is -2.16. The van der Waals surface area contributed by atoms with E-state index in [2.05, 4.69) is 9.88 Å². The van der Waals surface area contributed by atoms with E-state index < -0.39 is 0 Å². The van der Waals surface area contributed by atoms with Gasteiger partial charge in [0, 0.05) is 13.1 Å². The van der Waals surface area contributed by atoms with Crippen molar-refractivity contribution in [3.05, 3.63) is 23.9 Å². The summed E-state index contributed by atoms with van der Waals surface area (Å²) in [5.74, 6) is 0.993. The fourth-order valence-corrected chi connectivity index (χ4v) is 1.80. The van der Waals surface area contributed by atoms with Gasteiger partial charge in [0.25, 0.3) is 0 Å². The number of thiocarbonyl (C=S) groups is 1. The van der Waals surface area contributed by atoms with Crippen molar-refractivity contribution in [3.63, 3.8) is 0 Å². The molecule has 1 fully saturated rings. The standard InChI is InChI=1S/C10H13N3S/c11-10(14)8-4-3-5-9(12-8)13-6-1-2-7-13/h3-5H,1-2,6-7H2,(H2,11,14). The molecule has 0 unspecified atom stereocenters. The molecule has 0 atom stereocenters. The minimum atomic E-state index is 0.367. The van der Waals surface area contributed by atoms with Crippen LogP contribution in [-0.4, -0.2) is 23.1 Å². The summed E-state index contributed by atoms with van der Waals surface area (Å²) in [5.41, 5.74) is 6.24. The Hall–Kier alpha value is -1.16. The molecule has 2 rings (SSSR count). The predicted molar refractivity (Wildman–Crippen MR) is 61.6 cm³/mol. The van der Waals surface area contributed by atoms with E-state index in [9.17, 15) is 0 Å². The van der Waals surface area contributed by atoms with E-state index in [0.29, 0.717) is 10.7 Å².